The first kappa shape index (κ1) is 36.4. The molecule has 1 aromatic rings. The van der Waals surface area contributed by atoms with E-state index >= 15 is 0 Å². The summed E-state index contributed by atoms with van der Waals surface area (Å²) in [6.45, 7) is 28.6. The van der Waals surface area contributed by atoms with Crippen molar-refractivity contribution in [2.45, 2.75) is 106 Å². The topological polar surface area (TPSA) is 55.8 Å². The first-order valence-electron chi connectivity index (χ1n) is 20.5. The molecule has 1 aromatic carbocycles. The monoisotopic (exact) mass is 684 g/mol. The van der Waals surface area contributed by atoms with Gasteiger partial charge in [-0.3, -0.25) is 0 Å². The van der Waals surface area contributed by atoms with Gasteiger partial charge >= 0.3 is 5.97 Å². The molecule has 6 aliphatic rings. The molecule has 0 unspecified atom stereocenters. The van der Waals surface area contributed by atoms with E-state index < -0.39 is 5.97 Å². The summed E-state index contributed by atoms with van der Waals surface area (Å²) < 4.78 is 0. The Balaban J connectivity index is 1.10. The summed E-state index contributed by atoms with van der Waals surface area (Å²) in [6, 6.07) is 7.68. The number of hydrogen-bond acceptors (Lipinski definition) is 4. The number of carboxylic acids is 1. The van der Waals surface area contributed by atoms with Crippen LogP contribution in [-0.2, 0) is 0 Å². The van der Waals surface area contributed by atoms with Crippen LogP contribution in [0.1, 0.15) is 122 Å². The smallest absolute Gasteiger partial charge is 0.335 e. The van der Waals surface area contributed by atoms with Gasteiger partial charge < -0.3 is 20.2 Å². The van der Waals surface area contributed by atoms with Crippen LogP contribution in [0.25, 0.3) is 5.57 Å². The standard InChI is InChI=1S/C45H69N3O2/c1-31(2)34-16-21-45(30-46-24-9-25-48-28-26-47(8)27-29-48)23-22-43(6)36(39(34)45)14-15-38-42(5)19-17-35(32-10-12-33(13-11-32)40(49)50)41(3,4)37(42)18-20-44(38,43)7/h10-13,17,34,36-39,46H,1,9,14-16,18-30H2,2-8H3,(H,49,50)/t34-,36+,37-,38+,39+,42-,43+,44+,45+/m0/s1. The summed E-state index contributed by atoms with van der Waals surface area (Å²) in [4.78, 5) is 16.7. The van der Waals surface area contributed by atoms with E-state index in [1.165, 1.54) is 114 Å². The number of carbonyl (C=O) groups is 1. The minimum Gasteiger partial charge on any atom is -0.478 e. The number of fused-ring (bicyclic) bond motifs is 7. The van der Waals surface area contributed by atoms with E-state index in [2.05, 4.69) is 88.5 Å². The summed E-state index contributed by atoms with van der Waals surface area (Å²) in [7, 11) is 2.25. The molecule has 5 nitrogen and oxygen atoms in total. The molecule has 1 saturated heterocycles. The molecule has 276 valence electrons. The van der Waals surface area contributed by atoms with E-state index in [-0.39, 0.29) is 10.8 Å². The quantitative estimate of drug-likeness (QED) is 0.201. The number of rotatable bonds is 9. The fraction of sp³-hybridized carbons (Fsp3) is 0.756. The molecule has 1 heterocycles. The molecular weight excluding hydrogens is 615 g/mol. The first-order valence-corrected chi connectivity index (χ1v) is 20.5. The zero-order chi connectivity index (χ0) is 35.7. The molecule has 2 N–H and O–H groups in total. The minimum atomic E-state index is -0.850. The summed E-state index contributed by atoms with van der Waals surface area (Å²) in [5.41, 5.74) is 5.89. The molecule has 0 amide bonds. The molecule has 0 radical (unpaired) electrons. The van der Waals surface area contributed by atoms with Crippen LogP contribution in [0.15, 0.2) is 42.5 Å². The highest BCUT2D eigenvalue weighted by atomic mass is 16.4. The molecule has 0 bridgehead atoms. The average Bonchev–Trinajstić information content (AvgIpc) is 3.46. The molecule has 9 atom stereocenters. The normalized spacial score (nSPS) is 41.3. The Labute approximate surface area is 304 Å². The second-order valence-electron chi connectivity index (χ2n) is 19.6. The summed E-state index contributed by atoms with van der Waals surface area (Å²) in [5.74, 6) is 2.72. The molecule has 7 rings (SSSR count). The maximum atomic E-state index is 11.6. The van der Waals surface area contributed by atoms with Crippen molar-refractivity contribution in [2.75, 3.05) is 52.9 Å². The predicted octanol–water partition coefficient (Wildman–Crippen LogP) is 9.26. The highest BCUT2D eigenvalue weighted by Crippen LogP contribution is 2.77. The van der Waals surface area contributed by atoms with E-state index in [1.54, 1.807) is 12.1 Å². The minimum absolute atomic E-state index is 0.0467. The lowest BCUT2D eigenvalue weighted by molar-refractivity contribution is -0.225. The Morgan fingerprint density at radius 3 is 2.30 bits per heavy atom. The fourth-order valence-corrected chi connectivity index (χ4v) is 14.3. The van der Waals surface area contributed by atoms with Crippen molar-refractivity contribution in [1.29, 1.82) is 0 Å². The van der Waals surface area contributed by atoms with Gasteiger partial charge in [0.15, 0.2) is 0 Å². The van der Waals surface area contributed by atoms with Gasteiger partial charge in [-0.1, -0.05) is 65.0 Å². The van der Waals surface area contributed by atoms with Crippen molar-refractivity contribution in [3.05, 3.63) is 53.6 Å². The van der Waals surface area contributed by atoms with Crippen LogP contribution in [0, 0.1) is 56.7 Å². The Bertz CT molecular complexity index is 1470. The van der Waals surface area contributed by atoms with E-state index in [0.29, 0.717) is 33.6 Å². The number of nitrogens with one attached hydrogen (secondary N) is 1. The van der Waals surface area contributed by atoms with E-state index in [0.717, 1.165) is 30.7 Å². The number of hydrogen-bond donors (Lipinski definition) is 2. The third-order valence-electron chi connectivity index (χ3n) is 17.2. The van der Waals surface area contributed by atoms with Gasteiger partial charge in [0.1, 0.15) is 0 Å². The number of allylic oxidation sites excluding steroid dienone is 3. The van der Waals surface area contributed by atoms with Crippen molar-refractivity contribution >= 4 is 11.5 Å². The van der Waals surface area contributed by atoms with Crippen molar-refractivity contribution in [1.82, 2.24) is 15.1 Å². The first-order chi connectivity index (χ1) is 23.7. The van der Waals surface area contributed by atoms with E-state index in [9.17, 15) is 9.90 Å². The molecule has 5 fully saturated rings. The maximum Gasteiger partial charge on any atom is 0.335 e. The molecule has 1 aliphatic heterocycles. The van der Waals surface area contributed by atoms with Gasteiger partial charge in [0.25, 0.3) is 0 Å². The molecule has 4 saturated carbocycles. The lowest BCUT2D eigenvalue weighted by atomic mass is 9.32. The van der Waals surface area contributed by atoms with Gasteiger partial charge in [0, 0.05) is 32.7 Å². The van der Waals surface area contributed by atoms with E-state index in [1.807, 2.05) is 0 Å². The van der Waals surface area contributed by atoms with Gasteiger partial charge in [-0.2, -0.15) is 0 Å². The zero-order valence-corrected chi connectivity index (χ0v) is 32.8. The molecular formula is C45H69N3O2. The lowest BCUT2D eigenvalue weighted by Gasteiger charge is -2.72. The summed E-state index contributed by atoms with van der Waals surface area (Å²) >= 11 is 0. The van der Waals surface area contributed by atoms with Crippen molar-refractivity contribution in [3.63, 3.8) is 0 Å². The summed E-state index contributed by atoms with van der Waals surface area (Å²) in [6.07, 6.45) is 15.8. The number of benzene rings is 1. The third-order valence-corrected chi connectivity index (χ3v) is 17.2. The third kappa shape index (κ3) is 5.70. The summed E-state index contributed by atoms with van der Waals surface area (Å²) in [5, 5.41) is 13.6. The highest BCUT2D eigenvalue weighted by Gasteiger charge is 2.70. The van der Waals surface area contributed by atoms with Gasteiger partial charge in [-0.05, 0) is 171 Å². The van der Waals surface area contributed by atoms with Crippen LogP contribution in [-0.4, -0.2) is 73.7 Å². The van der Waals surface area contributed by atoms with Crippen LogP contribution in [0.2, 0.25) is 0 Å². The van der Waals surface area contributed by atoms with Crippen molar-refractivity contribution in [3.8, 4) is 0 Å². The Kier molecular flexibility index (Phi) is 9.59. The molecule has 0 aromatic heterocycles. The van der Waals surface area contributed by atoms with Gasteiger partial charge in [0.05, 0.1) is 5.56 Å². The van der Waals surface area contributed by atoms with Gasteiger partial charge in [0.2, 0.25) is 0 Å². The number of nitrogens with zero attached hydrogens (tertiary/aromatic N) is 2. The second-order valence-corrected chi connectivity index (χ2v) is 19.6. The maximum absolute atomic E-state index is 11.6. The van der Waals surface area contributed by atoms with Crippen LogP contribution < -0.4 is 5.32 Å². The fourth-order valence-electron chi connectivity index (χ4n) is 14.3. The molecule has 0 spiro atoms. The van der Waals surface area contributed by atoms with Crippen LogP contribution in [0.4, 0.5) is 0 Å². The second kappa shape index (κ2) is 13.2. The lowest BCUT2D eigenvalue weighted by Crippen LogP contribution is -2.65. The van der Waals surface area contributed by atoms with Crippen molar-refractivity contribution in [2.24, 2.45) is 56.7 Å². The predicted molar refractivity (Wildman–Crippen MR) is 207 cm³/mol. The van der Waals surface area contributed by atoms with E-state index in [4.69, 9.17) is 0 Å². The number of carboxylic acid groups (broad SMARTS) is 1. The number of piperazine rings is 1. The Morgan fingerprint density at radius 1 is 0.900 bits per heavy atom. The van der Waals surface area contributed by atoms with Crippen LogP contribution >= 0.6 is 0 Å². The zero-order valence-electron chi connectivity index (χ0n) is 32.8. The van der Waals surface area contributed by atoms with Gasteiger partial charge in [-0.25, -0.2) is 4.79 Å². The molecule has 50 heavy (non-hydrogen) atoms. The Morgan fingerprint density at radius 2 is 1.62 bits per heavy atom. The highest BCUT2D eigenvalue weighted by molar-refractivity contribution is 5.88. The van der Waals surface area contributed by atoms with Crippen molar-refractivity contribution < 1.29 is 9.90 Å². The SMILES string of the molecule is C=C(C)[C@@H]1CC[C@]2(CNCCCN3CCN(C)CC3)CC[C@]3(C)[C@H](CC[C@@H]4[C@@]5(C)CC=C(c6ccc(C(=O)O)cc6)C(C)(C)[C@@H]5CC[C@]43C)[C@@H]12. The Hall–Kier alpha value is -1.95. The number of aromatic carboxylic acids is 1. The van der Waals surface area contributed by atoms with Gasteiger partial charge in [-0.15, -0.1) is 0 Å². The number of likely N-dealkylation sites (N-methyl/N-ethyl adjacent to an activating group) is 1. The molecule has 5 heteroatoms. The van der Waals surface area contributed by atoms with Crippen LogP contribution in [0.3, 0.4) is 0 Å². The molecule has 5 aliphatic carbocycles. The van der Waals surface area contributed by atoms with Crippen LogP contribution in [0.5, 0.6) is 0 Å². The largest absolute Gasteiger partial charge is 0.478 e. The average molecular weight is 684 g/mol.